The molecule has 2 unspecified atom stereocenters. The minimum absolute atomic E-state index is 0.310. The van der Waals surface area contributed by atoms with Crippen LogP contribution in [-0.2, 0) is 4.79 Å². The Hall–Kier alpha value is -1.68. The summed E-state index contributed by atoms with van der Waals surface area (Å²) in [6, 6.07) is 1.90. The van der Waals surface area contributed by atoms with Crippen LogP contribution in [0.4, 0.5) is 0 Å². The number of carbonyl (C=O) groups is 1. The van der Waals surface area contributed by atoms with Gasteiger partial charge in [0.25, 0.3) is 0 Å². The minimum Gasteiger partial charge on any atom is -0.425 e. The van der Waals surface area contributed by atoms with Crippen LogP contribution in [0.1, 0.15) is 18.9 Å². The second-order valence-electron chi connectivity index (χ2n) is 4.98. The molecule has 1 aromatic rings. The van der Waals surface area contributed by atoms with E-state index in [1.54, 1.807) is 6.20 Å². The van der Waals surface area contributed by atoms with Crippen LogP contribution in [0.25, 0.3) is 5.57 Å². The summed E-state index contributed by atoms with van der Waals surface area (Å²) in [5.41, 5.74) is 2.40. The summed E-state index contributed by atoms with van der Waals surface area (Å²) in [4.78, 5) is 15.1. The average Bonchev–Trinajstić information content (AvgIpc) is 2.88. The quantitative estimate of drug-likeness (QED) is 0.803. The van der Waals surface area contributed by atoms with Crippen molar-refractivity contribution in [2.24, 2.45) is 11.8 Å². The normalized spacial score (nSPS) is 25.7. The monoisotopic (exact) mass is 244 g/mol. The molecule has 94 valence electrons. The van der Waals surface area contributed by atoms with E-state index >= 15 is 0 Å². The number of aromatic nitrogens is 1. The molecule has 1 aliphatic carbocycles. The lowest BCUT2D eigenvalue weighted by Gasteiger charge is -2.07. The first kappa shape index (κ1) is 11.4. The van der Waals surface area contributed by atoms with E-state index in [1.807, 2.05) is 12.3 Å². The molecule has 1 N–H and O–H groups in total. The molecule has 1 saturated heterocycles. The molecule has 1 aromatic heterocycles. The molecule has 2 heterocycles. The third-order valence-electron chi connectivity index (χ3n) is 3.63. The van der Waals surface area contributed by atoms with E-state index in [0.29, 0.717) is 11.7 Å². The zero-order valence-electron chi connectivity index (χ0n) is 10.3. The summed E-state index contributed by atoms with van der Waals surface area (Å²) in [5.74, 6) is 1.58. The van der Waals surface area contributed by atoms with Gasteiger partial charge in [-0.1, -0.05) is 6.08 Å². The Bertz CT molecular complexity index is 510. The molecule has 0 radical (unpaired) electrons. The van der Waals surface area contributed by atoms with E-state index in [2.05, 4.69) is 16.4 Å². The predicted molar refractivity (Wildman–Crippen MR) is 68.0 cm³/mol. The largest absolute Gasteiger partial charge is 0.425 e. The van der Waals surface area contributed by atoms with Gasteiger partial charge in [-0.05, 0) is 42.0 Å². The van der Waals surface area contributed by atoms with E-state index in [4.69, 9.17) is 4.74 Å². The van der Waals surface area contributed by atoms with E-state index in [1.165, 1.54) is 12.5 Å². The summed E-state index contributed by atoms with van der Waals surface area (Å²) in [6.07, 6.45) is 6.83. The predicted octanol–water partition coefficient (Wildman–Crippen LogP) is 1.63. The van der Waals surface area contributed by atoms with E-state index in [9.17, 15) is 4.79 Å². The zero-order valence-corrected chi connectivity index (χ0v) is 10.3. The number of pyridine rings is 1. The first-order chi connectivity index (χ1) is 8.72. The molecule has 0 saturated carbocycles. The average molecular weight is 244 g/mol. The van der Waals surface area contributed by atoms with Gasteiger partial charge in [-0.3, -0.25) is 9.78 Å². The van der Waals surface area contributed by atoms with Crippen molar-refractivity contribution >= 4 is 11.5 Å². The molecule has 0 bridgehead atoms. The highest BCUT2D eigenvalue weighted by molar-refractivity contribution is 5.71. The molecule has 1 aliphatic heterocycles. The van der Waals surface area contributed by atoms with Crippen LogP contribution in [0, 0.1) is 11.8 Å². The van der Waals surface area contributed by atoms with Crippen LogP contribution in [0.15, 0.2) is 24.5 Å². The number of hydrogen-bond acceptors (Lipinski definition) is 4. The number of nitrogens with one attached hydrogen (secondary N) is 1. The Morgan fingerprint density at radius 2 is 2.33 bits per heavy atom. The topological polar surface area (TPSA) is 51.2 Å². The van der Waals surface area contributed by atoms with E-state index < -0.39 is 0 Å². The lowest BCUT2D eigenvalue weighted by molar-refractivity contribution is -0.131. The van der Waals surface area contributed by atoms with Gasteiger partial charge in [0.1, 0.15) is 5.75 Å². The smallest absolute Gasteiger partial charge is 0.308 e. The van der Waals surface area contributed by atoms with Crippen molar-refractivity contribution < 1.29 is 9.53 Å². The van der Waals surface area contributed by atoms with Crippen molar-refractivity contribution in [1.82, 2.24) is 10.3 Å². The molecule has 1 fully saturated rings. The summed E-state index contributed by atoms with van der Waals surface area (Å²) >= 11 is 0. The molecule has 4 nitrogen and oxygen atoms in total. The molecule has 0 aromatic carbocycles. The Labute approximate surface area is 106 Å². The highest BCUT2D eigenvalue weighted by atomic mass is 16.5. The highest BCUT2D eigenvalue weighted by Crippen LogP contribution is 2.38. The fourth-order valence-electron chi connectivity index (χ4n) is 2.81. The molecule has 0 amide bonds. The number of rotatable bonds is 2. The van der Waals surface area contributed by atoms with Crippen LogP contribution in [0.2, 0.25) is 0 Å². The Kier molecular flexibility index (Phi) is 2.88. The van der Waals surface area contributed by atoms with Crippen LogP contribution < -0.4 is 10.1 Å². The molecule has 0 spiro atoms. The maximum Gasteiger partial charge on any atom is 0.308 e. The second-order valence-corrected chi connectivity index (χ2v) is 4.98. The number of esters is 1. The second kappa shape index (κ2) is 4.53. The minimum atomic E-state index is -0.310. The van der Waals surface area contributed by atoms with Crippen molar-refractivity contribution in [3.63, 3.8) is 0 Å². The standard InChI is InChI=1S/C14H16N2O2/c1-9(17)18-14-4-13(7-16-8-14)10-2-11-5-15-6-12(11)3-10/h2,4,7-8,11-12,15H,3,5-6H2,1H3. The maximum atomic E-state index is 10.9. The third-order valence-corrected chi connectivity index (χ3v) is 3.63. The number of carbonyl (C=O) groups excluding carboxylic acids is 1. The van der Waals surface area contributed by atoms with Crippen molar-refractivity contribution in [2.45, 2.75) is 13.3 Å². The number of allylic oxidation sites excluding steroid dienone is 1. The Balaban J connectivity index is 1.82. The summed E-state index contributed by atoms with van der Waals surface area (Å²) < 4.78 is 5.07. The van der Waals surface area contributed by atoms with Crippen molar-refractivity contribution in [3.8, 4) is 5.75 Å². The van der Waals surface area contributed by atoms with Gasteiger partial charge in [-0.15, -0.1) is 0 Å². The fraction of sp³-hybridized carbons (Fsp3) is 0.429. The molecule has 18 heavy (non-hydrogen) atoms. The number of ether oxygens (including phenoxy) is 1. The molecule has 2 atom stereocenters. The number of fused-ring (bicyclic) bond motifs is 1. The zero-order chi connectivity index (χ0) is 12.5. The van der Waals surface area contributed by atoms with Crippen LogP contribution in [0.3, 0.4) is 0 Å². The van der Waals surface area contributed by atoms with Gasteiger partial charge < -0.3 is 10.1 Å². The summed E-state index contributed by atoms with van der Waals surface area (Å²) in [5, 5.41) is 3.40. The van der Waals surface area contributed by atoms with Gasteiger partial charge in [0, 0.05) is 19.7 Å². The SMILES string of the molecule is CC(=O)Oc1cncc(C2=CC3CNCC3C2)c1. The van der Waals surface area contributed by atoms with Crippen LogP contribution >= 0.6 is 0 Å². The van der Waals surface area contributed by atoms with Crippen LogP contribution in [0.5, 0.6) is 5.75 Å². The fourth-order valence-corrected chi connectivity index (χ4v) is 2.81. The van der Waals surface area contributed by atoms with Gasteiger partial charge in [-0.25, -0.2) is 0 Å². The maximum absolute atomic E-state index is 10.9. The first-order valence-corrected chi connectivity index (χ1v) is 6.27. The van der Waals surface area contributed by atoms with Crippen molar-refractivity contribution in [3.05, 3.63) is 30.1 Å². The lowest BCUT2D eigenvalue weighted by Crippen LogP contribution is -2.09. The Morgan fingerprint density at radius 3 is 3.11 bits per heavy atom. The van der Waals surface area contributed by atoms with Gasteiger partial charge in [0.15, 0.2) is 0 Å². The highest BCUT2D eigenvalue weighted by Gasteiger charge is 2.31. The third kappa shape index (κ3) is 2.16. The van der Waals surface area contributed by atoms with Gasteiger partial charge in [0.2, 0.25) is 0 Å². The Morgan fingerprint density at radius 1 is 1.44 bits per heavy atom. The van der Waals surface area contributed by atoms with Crippen molar-refractivity contribution in [1.29, 1.82) is 0 Å². The van der Waals surface area contributed by atoms with Gasteiger partial charge in [-0.2, -0.15) is 0 Å². The molecule has 2 aliphatic rings. The lowest BCUT2D eigenvalue weighted by atomic mass is 9.99. The molecular weight excluding hydrogens is 228 g/mol. The summed E-state index contributed by atoms with van der Waals surface area (Å²) in [7, 11) is 0. The molecule has 3 rings (SSSR count). The molecule has 4 heteroatoms. The van der Waals surface area contributed by atoms with Gasteiger partial charge in [0.05, 0.1) is 6.20 Å². The number of nitrogens with zero attached hydrogens (tertiary/aromatic N) is 1. The van der Waals surface area contributed by atoms with E-state index in [0.717, 1.165) is 31.0 Å². The van der Waals surface area contributed by atoms with Crippen molar-refractivity contribution in [2.75, 3.05) is 13.1 Å². The van der Waals surface area contributed by atoms with E-state index in [-0.39, 0.29) is 5.97 Å². The number of hydrogen-bond donors (Lipinski definition) is 1. The first-order valence-electron chi connectivity index (χ1n) is 6.27. The van der Waals surface area contributed by atoms with Gasteiger partial charge >= 0.3 is 5.97 Å². The molecular formula is C14H16N2O2. The summed E-state index contributed by atoms with van der Waals surface area (Å²) in [6.45, 7) is 3.57. The van der Waals surface area contributed by atoms with Crippen LogP contribution in [-0.4, -0.2) is 24.0 Å².